The van der Waals surface area contributed by atoms with Gasteiger partial charge in [-0.3, -0.25) is 4.90 Å². The lowest BCUT2D eigenvalue weighted by Crippen LogP contribution is -2.56. The molecule has 5 nitrogen and oxygen atoms in total. The van der Waals surface area contributed by atoms with Crippen LogP contribution in [0.1, 0.15) is 26.3 Å². The molecule has 0 amide bonds. The van der Waals surface area contributed by atoms with Crippen molar-refractivity contribution in [2.24, 2.45) is 0 Å². The molecule has 1 aromatic carbocycles. The average Bonchev–Trinajstić information content (AvgIpc) is 3.34. The van der Waals surface area contributed by atoms with Crippen molar-refractivity contribution in [2.75, 3.05) is 57.4 Å². The van der Waals surface area contributed by atoms with Crippen LogP contribution in [0.5, 0.6) is 0 Å². The first kappa shape index (κ1) is 27.3. The van der Waals surface area contributed by atoms with Crippen LogP contribution in [0.2, 0.25) is 0 Å². The molecule has 0 aliphatic carbocycles. The molecule has 2 saturated heterocycles. The fourth-order valence-electron chi connectivity index (χ4n) is 4.07. The van der Waals surface area contributed by atoms with Crippen molar-refractivity contribution in [3.63, 3.8) is 0 Å². The van der Waals surface area contributed by atoms with Crippen molar-refractivity contribution in [3.8, 4) is 0 Å². The molecule has 10 heteroatoms. The predicted octanol–water partition coefficient (Wildman–Crippen LogP) is 5.07. The highest BCUT2D eigenvalue weighted by Crippen LogP contribution is 2.39. The van der Waals surface area contributed by atoms with Gasteiger partial charge in [-0.25, -0.2) is 4.31 Å². The molecule has 0 spiro atoms. The number of rotatable bonds is 6. The zero-order valence-electron chi connectivity index (χ0n) is 19.9. The Bertz CT molecular complexity index is 857. The SMILES string of the molecule is CC.CC(O)(c1ccc(N2CCN(Sc3cccs3)CC2CN2CCOCC2)cc1)C(F)(F)F. The molecular formula is C24H34F3N3O2S2. The molecule has 0 radical (unpaired) electrons. The zero-order chi connectivity index (χ0) is 24.8. The van der Waals surface area contributed by atoms with E-state index in [1.165, 1.54) is 16.3 Å². The summed E-state index contributed by atoms with van der Waals surface area (Å²) in [6.45, 7) is 11.4. The standard InChI is InChI=1S/C22H28F3N3O2S2.C2H6/c1-21(29,22(23,24)25)17-4-6-18(7-5-17)28-9-8-27(32-20-3-2-14-31-20)16-19(28)15-26-10-12-30-13-11-26;1-2/h2-7,14,19,29H,8-13,15-16H2,1H3;1-2H3. The van der Waals surface area contributed by atoms with E-state index in [-0.39, 0.29) is 11.6 Å². The molecule has 2 fully saturated rings. The number of hydrogen-bond donors (Lipinski definition) is 1. The van der Waals surface area contributed by atoms with Crippen LogP contribution in [0.25, 0.3) is 0 Å². The number of anilines is 1. The molecule has 2 unspecified atom stereocenters. The molecule has 1 N–H and O–H groups in total. The second kappa shape index (κ2) is 12.1. The second-order valence-corrected chi connectivity index (χ2v) is 10.6. The lowest BCUT2D eigenvalue weighted by Gasteiger charge is -2.44. The lowest BCUT2D eigenvalue weighted by atomic mass is 9.95. The number of thiophene rings is 1. The highest BCUT2D eigenvalue weighted by atomic mass is 32.2. The van der Waals surface area contributed by atoms with Gasteiger partial charge in [0.2, 0.25) is 0 Å². The van der Waals surface area contributed by atoms with Crippen molar-refractivity contribution in [2.45, 2.75) is 42.8 Å². The summed E-state index contributed by atoms with van der Waals surface area (Å²) in [4.78, 5) is 4.68. The van der Waals surface area contributed by atoms with Gasteiger partial charge in [0.25, 0.3) is 0 Å². The smallest absolute Gasteiger partial charge is 0.379 e. The van der Waals surface area contributed by atoms with Crippen molar-refractivity contribution in [1.82, 2.24) is 9.21 Å². The first-order chi connectivity index (χ1) is 16.2. The van der Waals surface area contributed by atoms with Gasteiger partial charge in [0, 0.05) is 45.0 Å². The normalized spacial score (nSPS) is 22.1. The van der Waals surface area contributed by atoms with Gasteiger partial charge in [-0.05, 0) is 48.0 Å². The van der Waals surface area contributed by atoms with Crippen molar-refractivity contribution in [1.29, 1.82) is 0 Å². The van der Waals surface area contributed by atoms with Gasteiger partial charge in [-0.15, -0.1) is 11.3 Å². The fraction of sp³-hybridized carbons (Fsp3) is 0.583. The van der Waals surface area contributed by atoms with Crippen LogP contribution in [0.3, 0.4) is 0 Å². The Labute approximate surface area is 208 Å². The largest absolute Gasteiger partial charge is 0.421 e. The third-order valence-corrected chi connectivity index (χ3v) is 8.13. The van der Waals surface area contributed by atoms with Crippen LogP contribution in [0.4, 0.5) is 18.9 Å². The number of morpholine rings is 1. The minimum Gasteiger partial charge on any atom is -0.379 e. The van der Waals surface area contributed by atoms with Crippen LogP contribution in [0, 0.1) is 0 Å². The fourth-order valence-corrected chi connectivity index (χ4v) is 5.99. The number of aliphatic hydroxyl groups is 1. The molecule has 0 saturated carbocycles. The van der Waals surface area contributed by atoms with E-state index in [9.17, 15) is 18.3 Å². The molecular weight excluding hydrogens is 483 g/mol. The molecule has 2 aromatic rings. The first-order valence-corrected chi connectivity index (χ1v) is 13.3. The predicted molar refractivity (Wildman–Crippen MR) is 134 cm³/mol. The Morgan fingerprint density at radius 2 is 1.74 bits per heavy atom. The molecule has 2 aliphatic rings. The van der Waals surface area contributed by atoms with Gasteiger partial charge in [0.05, 0.1) is 23.5 Å². The van der Waals surface area contributed by atoms with Crippen molar-refractivity contribution >= 4 is 29.0 Å². The maximum absolute atomic E-state index is 13.2. The maximum atomic E-state index is 13.2. The quantitative estimate of drug-likeness (QED) is 0.540. The highest BCUT2D eigenvalue weighted by molar-refractivity contribution is 7.98. The number of nitrogens with zero attached hydrogens (tertiary/aromatic N) is 3. The van der Waals surface area contributed by atoms with E-state index in [2.05, 4.69) is 25.6 Å². The van der Waals surface area contributed by atoms with Gasteiger partial charge in [-0.2, -0.15) is 13.2 Å². The molecule has 2 atom stereocenters. The Morgan fingerprint density at radius 1 is 1.06 bits per heavy atom. The molecule has 4 rings (SSSR count). The first-order valence-electron chi connectivity index (χ1n) is 11.7. The Hall–Kier alpha value is -1.30. The molecule has 34 heavy (non-hydrogen) atoms. The summed E-state index contributed by atoms with van der Waals surface area (Å²) in [7, 11) is 0. The molecule has 3 heterocycles. The number of hydrogen-bond acceptors (Lipinski definition) is 7. The second-order valence-electron chi connectivity index (χ2n) is 8.29. The average molecular weight is 518 g/mol. The van der Waals surface area contributed by atoms with Crippen LogP contribution in [-0.4, -0.2) is 79.0 Å². The molecule has 1 aromatic heterocycles. The van der Waals surface area contributed by atoms with E-state index in [0.29, 0.717) is 0 Å². The van der Waals surface area contributed by atoms with E-state index in [0.717, 1.165) is 65.1 Å². The topological polar surface area (TPSA) is 39.2 Å². The third-order valence-electron chi connectivity index (χ3n) is 6.05. The van der Waals surface area contributed by atoms with E-state index in [1.54, 1.807) is 35.4 Å². The van der Waals surface area contributed by atoms with Gasteiger partial charge in [0.1, 0.15) is 0 Å². The van der Waals surface area contributed by atoms with Gasteiger partial charge < -0.3 is 14.7 Å². The van der Waals surface area contributed by atoms with Crippen LogP contribution >= 0.6 is 23.3 Å². The Morgan fingerprint density at radius 3 is 2.32 bits per heavy atom. The number of benzene rings is 1. The Balaban J connectivity index is 0.00000158. The Kier molecular flexibility index (Phi) is 9.71. The van der Waals surface area contributed by atoms with Gasteiger partial charge in [-0.1, -0.05) is 32.0 Å². The number of ether oxygens (including phenoxy) is 1. The van der Waals surface area contributed by atoms with Crippen molar-refractivity contribution < 1.29 is 23.0 Å². The summed E-state index contributed by atoms with van der Waals surface area (Å²) in [5.74, 6) is 0. The summed E-state index contributed by atoms with van der Waals surface area (Å²) in [6.07, 6.45) is -4.72. The maximum Gasteiger partial charge on any atom is 0.421 e. The minimum absolute atomic E-state index is 0.148. The summed E-state index contributed by atoms with van der Waals surface area (Å²) in [5.41, 5.74) is -2.13. The number of alkyl halides is 3. The molecule has 190 valence electrons. The summed E-state index contributed by atoms with van der Waals surface area (Å²) in [6, 6.07) is 10.5. The number of halogens is 3. The third kappa shape index (κ3) is 6.67. The monoisotopic (exact) mass is 517 g/mol. The van der Waals surface area contributed by atoms with Crippen LogP contribution in [0.15, 0.2) is 46.0 Å². The van der Waals surface area contributed by atoms with E-state index in [1.807, 2.05) is 19.9 Å². The van der Waals surface area contributed by atoms with Crippen LogP contribution in [-0.2, 0) is 10.3 Å². The van der Waals surface area contributed by atoms with Crippen LogP contribution < -0.4 is 4.90 Å². The minimum atomic E-state index is -4.72. The number of piperazine rings is 1. The van der Waals surface area contributed by atoms with Gasteiger partial charge in [0.15, 0.2) is 5.60 Å². The lowest BCUT2D eigenvalue weighted by molar-refractivity contribution is -0.258. The summed E-state index contributed by atoms with van der Waals surface area (Å²) < 4.78 is 48.7. The summed E-state index contributed by atoms with van der Waals surface area (Å²) in [5, 5.41) is 12.1. The van der Waals surface area contributed by atoms with E-state index >= 15 is 0 Å². The van der Waals surface area contributed by atoms with E-state index < -0.39 is 11.8 Å². The zero-order valence-corrected chi connectivity index (χ0v) is 21.6. The van der Waals surface area contributed by atoms with E-state index in [4.69, 9.17) is 4.74 Å². The van der Waals surface area contributed by atoms with Crippen molar-refractivity contribution in [3.05, 3.63) is 47.3 Å². The van der Waals surface area contributed by atoms with Gasteiger partial charge >= 0.3 is 6.18 Å². The molecule has 2 aliphatic heterocycles. The summed E-state index contributed by atoms with van der Waals surface area (Å²) >= 11 is 3.49. The highest BCUT2D eigenvalue weighted by Gasteiger charge is 2.51. The molecule has 0 bridgehead atoms.